The highest BCUT2D eigenvalue weighted by atomic mass is 32.2. The minimum atomic E-state index is -0.226. The molecule has 44 heavy (non-hydrogen) atoms. The summed E-state index contributed by atoms with van der Waals surface area (Å²) >= 11 is 6.20. The van der Waals surface area contributed by atoms with Crippen molar-refractivity contribution in [2.75, 3.05) is 23.6 Å². The van der Waals surface area contributed by atoms with Gasteiger partial charge in [0.1, 0.15) is 10.0 Å². The van der Waals surface area contributed by atoms with Gasteiger partial charge in [0.15, 0.2) is 11.0 Å². The monoisotopic (exact) mass is 633 g/mol. The Morgan fingerprint density at radius 1 is 0.932 bits per heavy atom. The number of aromatic nitrogens is 2. The topological polar surface area (TPSA) is 182 Å². The number of rotatable bonds is 12. The largest absolute Gasteiger partial charge is 0.354 e. The van der Waals surface area contributed by atoms with Crippen molar-refractivity contribution < 1.29 is 29.4 Å². The lowest BCUT2D eigenvalue weighted by atomic mass is 10.1. The fourth-order valence-electron chi connectivity index (χ4n) is 4.35. The molecule has 0 atom stereocenters. The number of anilines is 3. The predicted octanol–water partition coefficient (Wildman–Crippen LogP) is 4.37. The Kier molecular flexibility index (Phi) is 9.81. The van der Waals surface area contributed by atoms with Crippen LogP contribution in [0, 0.1) is 0 Å². The summed E-state index contributed by atoms with van der Waals surface area (Å²) in [4.78, 5) is 37.5. The molecule has 6 N–H and O–H groups in total. The third-order valence-corrected chi connectivity index (χ3v) is 7.71. The first-order valence-corrected chi connectivity index (χ1v) is 14.7. The van der Waals surface area contributed by atoms with Crippen LogP contribution in [0.2, 0.25) is 0 Å². The molecule has 1 aliphatic heterocycles. The summed E-state index contributed by atoms with van der Waals surface area (Å²) in [6, 6.07) is 16.9. The molecule has 4 aromatic rings. The molecule has 3 amide bonds. The first-order valence-electron chi connectivity index (χ1n) is 13.5. The van der Waals surface area contributed by atoms with E-state index in [1.54, 1.807) is 60.7 Å². The molecule has 226 valence electrons. The summed E-state index contributed by atoms with van der Waals surface area (Å²) in [7, 11) is 0. The van der Waals surface area contributed by atoms with Crippen molar-refractivity contribution >= 4 is 80.2 Å². The second-order valence-electron chi connectivity index (χ2n) is 9.64. The van der Waals surface area contributed by atoms with Crippen LogP contribution in [0.5, 0.6) is 0 Å². The lowest BCUT2D eigenvalue weighted by Crippen LogP contribution is -2.26. The zero-order chi connectivity index (χ0) is 31.1. The molecule has 0 radical (unpaired) electrons. The first kappa shape index (κ1) is 30.6. The Bertz CT molecular complexity index is 1740. The van der Waals surface area contributed by atoms with Crippen LogP contribution in [0.3, 0.4) is 0 Å². The van der Waals surface area contributed by atoms with Gasteiger partial charge in [-0.15, -0.1) is 5.23 Å². The first-order chi connectivity index (χ1) is 21.3. The number of nitrogens with one attached hydrogen (secondary N) is 4. The van der Waals surface area contributed by atoms with Gasteiger partial charge in [0.2, 0.25) is 0 Å². The number of unbranched alkanes of at least 4 members (excludes halogenated alkanes) is 2. The molecule has 15 heteroatoms. The van der Waals surface area contributed by atoms with E-state index in [2.05, 4.69) is 31.6 Å². The van der Waals surface area contributed by atoms with Gasteiger partial charge in [0.05, 0.1) is 10.6 Å². The molecule has 1 aromatic heterocycles. The average molecular weight is 634 g/mol. The highest BCUT2D eigenvalue weighted by Gasteiger charge is 2.22. The number of benzene rings is 3. The third kappa shape index (κ3) is 7.57. The van der Waals surface area contributed by atoms with E-state index in [-0.39, 0.29) is 39.7 Å². The summed E-state index contributed by atoms with van der Waals surface area (Å²) < 4.78 is 5.17. The number of amides is 3. The molecule has 1 fully saturated rings. The number of fused-ring (bicyclic) bond motifs is 1. The fourth-order valence-corrected chi connectivity index (χ4v) is 5.39. The second-order valence-corrected chi connectivity index (χ2v) is 11.4. The molecule has 2 heterocycles. The molecule has 0 aliphatic carbocycles. The van der Waals surface area contributed by atoms with Crippen molar-refractivity contribution in [3.8, 4) is 0 Å². The van der Waals surface area contributed by atoms with E-state index < -0.39 is 0 Å². The summed E-state index contributed by atoms with van der Waals surface area (Å²) in [5.41, 5.74) is 3.35. The highest BCUT2D eigenvalue weighted by Crippen LogP contribution is 2.31. The smallest absolute Gasteiger partial charge is 0.263 e. The average Bonchev–Trinajstić information content (AvgIpc) is 3.63. The van der Waals surface area contributed by atoms with Gasteiger partial charge in [-0.3, -0.25) is 24.8 Å². The minimum absolute atomic E-state index is 0.00409. The minimum Gasteiger partial charge on any atom is -0.354 e. The normalized spacial score (nSPS) is 13.6. The van der Waals surface area contributed by atoms with Crippen LogP contribution >= 0.6 is 24.0 Å². The third-order valence-electron chi connectivity index (χ3n) is 6.55. The van der Waals surface area contributed by atoms with Crippen LogP contribution in [0.4, 0.5) is 17.1 Å². The van der Waals surface area contributed by atoms with E-state index in [1.165, 1.54) is 17.8 Å². The standard InChI is InChI=1S/C29H27N7O6S2/c37-26(18-9-7-17(8-10-18)15-23-28(39)33-29(43)44-23)30-13-2-1-3-14-31-27(38)19-5-4-6-20(16-19)32-21-11-12-22(36(40)41)25-24(21)34-42-35-25/h4-12,15-16,32,40-41H,1-3,13-14H2,(H,30,37)(H,31,38)(H,33,39,43)/b23-15-. The zero-order valence-electron chi connectivity index (χ0n) is 23.1. The van der Waals surface area contributed by atoms with Crippen LogP contribution in [-0.4, -0.2) is 55.9 Å². The molecule has 5 rings (SSSR count). The van der Waals surface area contributed by atoms with E-state index >= 15 is 0 Å². The number of hydrogen-bond donors (Lipinski definition) is 6. The second kappa shape index (κ2) is 14.1. The Balaban J connectivity index is 1.02. The van der Waals surface area contributed by atoms with Gasteiger partial charge in [0.25, 0.3) is 17.7 Å². The van der Waals surface area contributed by atoms with Crippen molar-refractivity contribution in [1.29, 1.82) is 0 Å². The van der Waals surface area contributed by atoms with E-state index in [4.69, 9.17) is 16.8 Å². The predicted molar refractivity (Wildman–Crippen MR) is 169 cm³/mol. The Hall–Kier alpha value is -4.83. The van der Waals surface area contributed by atoms with Crippen molar-refractivity contribution in [2.24, 2.45) is 0 Å². The van der Waals surface area contributed by atoms with Gasteiger partial charge in [-0.25, -0.2) is 4.63 Å². The highest BCUT2D eigenvalue weighted by molar-refractivity contribution is 8.26. The van der Waals surface area contributed by atoms with Gasteiger partial charge in [0, 0.05) is 29.9 Å². The van der Waals surface area contributed by atoms with Gasteiger partial charge in [-0.2, -0.15) is 0 Å². The number of thiocarbonyl (C=S) groups is 1. The molecular weight excluding hydrogens is 606 g/mol. The number of carbonyl (C=O) groups is 3. The molecule has 0 unspecified atom stereocenters. The Morgan fingerprint density at radius 3 is 2.32 bits per heavy atom. The summed E-state index contributed by atoms with van der Waals surface area (Å²) in [5, 5.41) is 37.7. The zero-order valence-corrected chi connectivity index (χ0v) is 24.7. The van der Waals surface area contributed by atoms with Crippen LogP contribution in [0.25, 0.3) is 17.1 Å². The maximum absolute atomic E-state index is 12.7. The maximum atomic E-state index is 12.7. The van der Waals surface area contributed by atoms with Crippen molar-refractivity contribution in [2.45, 2.75) is 19.3 Å². The molecule has 0 bridgehead atoms. The van der Waals surface area contributed by atoms with Crippen molar-refractivity contribution in [3.05, 3.63) is 82.3 Å². The summed E-state index contributed by atoms with van der Waals surface area (Å²) in [6.07, 6.45) is 4.04. The lowest BCUT2D eigenvalue weighted by molar-refractivity contribution is -0.115. The Morgan fingerprint density at radius 2 is 1.64 bits per heavy atom. The van der Waals surface area contributed by atoms with Gasteiger partial charge in [-0.1, -0.05) is 42.2 Å². The van der Waals surface area contributed by atoms with Gasteiger partial charge >= 0.3 is 0 Å². The lowest BCUT2D eigenvalue weighted by Gasteiger charge is -2.12. The SMILES string of the molecule is O=C1NC(=S)S/C1=C\c1ccc(C(=O)NCCCCCNC(=O)c2cccc(Nc3ccc(N(O)O)c4nonc34)c2)cc1. The summed E-state index contributed by atoms with van der Waals surface area (Å²) in [6.45, 7) is 0.985. The molecular formula is C29H27N7O6S2. The summed E-state index contributed by atoms with van der Waals surface area (Å²) in [5.74, 6) is -0.628. The number of hydrogen-bond acceptors (Lipinski definition) is 12. The molecule has 0 saturated carbocycles. The Labute approximate surface area is 260 Å². The maximum Gasteiger partial charge on any atom is 0.263 e. The number of nitrogens with zero attached hydrogens (tertiary/aromatic N) is 3. The molecule has 13 nitrogen and oxygen atoms in total. The van der Waals surface area contributed by atoms with Crippen LogP contribution in [-0.2, 0) is 4.79 Å². The van der Waals surface area contributed by atoms with E-state index in [1.807, 2.05) is 0 Å². The van der Waals surface area contributed by atoms with Crippen molar-refractivity contribution in [1.82, 2.24) is 26.3 Å². The van der Waals surface area contributed by atoms with Crippen molar-refractivity contribution in [3.63, 3.8) is 0 Å². The molecule has 1 saturated heterocycles. The van der Waals surface area contributed by atoms with E-state index in [0.717, 1.165) is 24.8 Å². The van der Waals surface area contributed by atoms with Gasteiger partial charge < -0.3 is 21.3 Å². The van der Waals surface area contributed by atoms with Crippen LogP contribution in [0.1, 0.15) is 45.5 Å². The van der Waals surface area contributed by atoms with E-state index in [9.17, 15) is 24.8 Å². The molecule has 1 aliphatic rings. The molecule has 3 aromatic carbocycles. The van der Waals surface area contributed by atoms with Crippen LogP contribution in [0.15, 0.2) is 70.2 Å². The quantitative estimate of drug-likeness (QED) is 0.0562. The number of carbonyl (C=O) groups excluding carboxylic acids is 3. The fraction of sp³-hybridized carbons (Fsp3) is 0.172. The van der Waals surface area contributed by atoms with Gasteiger partial charge in [-0.05, 0) is 83.7 Å². The molecule has 0 spiro atoms. The number of thioether (sulfide) groups is 1. The van der Waals surface area contributed by atoms with Crippen LogP contribution < -0.4 is 26.5 Å². The van der Waals surface area contributed by atoms with E-state index in [0.29, 0.717) is 44.8 Å².